The van der Waals surface area contributed by atoms with Gasteiger partial charge >= 0.3 is 24.3 Å². The van der Waals surface area contributed by atoms with Gasteiger partial charge in [-0.25, -0.2) is 9.59 Å². The molecule has 0 atom stereocenters. The van der Waals surface area contributed by atoms with Crippen LogP contribution in [0.5, 0.6) is 0 Å². The maximum Gasteiger partial charge on any atom is 0.490 e. The lowest BCUT2D eigenvalue weighted by atomic mass is 10.4. The summed E-state index contributed by atoms with van der Waals surface area (Å²) in [6, 6.07) is 10.2. The summed E-state index contributed by atoms with van der Waals surface area (Å²) in [6.45, 7) is 2.17. The maximum absolute atomic E-state index is 10.6. The maximum atomic E-state index is 10.6. The highest BCUT2D eigenvalue weighted by Crippen LogP contribution is 2.13. The van der Waals surface area contributed by atoms with Gasteiger partial charge < -0.3 is 20.4 Å². The first-order valence-electron chi connectivity index (χ1n) is 6.44. The number of carbonyl (C=O) groups is 4. The number of carboxylic acids is 4. The van der Waals surface area contributed by atoms with Crippen molar-refractivity contribution in [3.8, 4) is 0 Å². The van der Waals surface area contributed by atoms with Gasteiger partial charge in [0, 0.05) is 17.4 Å². The topological polar surface area (TPSA) is 149 Å². The molecule has 0 aromatic heterocycles. The third-order valence-electron chi connectivity index (χ3n) is 1.22. The number of rotatable bonds is 0. The lowest BCUT2D eigenvalue weighted by Crippen LogP contribution is -2.21. The monoisotopic (exact) mass is 552 g/mol. The molecule has 4 N–H and O–H groups in total. The van der Waals surface area contributed by atoms with E-state index in [-0.39, 0.29) is 0 Å². The van der Waals surface area contributed by atoms with Gasteiger partial charge in [-0.3, -0.25) is 9.59 Å². The predicted octanol–water partition coefficient (Wildman–Crippen LogP) is 3.74. The molecule has 0 bridgehead atoms. The quantitative estimate of drug-likeness (QED) is 0.281. The summed E-state index contributed by atoms with van der Waals surface area (Å²) < 4.78 is 64.8. The Labute approximate surface area is 172 Å². The van der Waals surface area contributed by atoms with E-state index in [1.807, 2.05) is 18.2 Å². The van der Waals surface area contributed by atoms with Crippen LogP contribution in [0, 0.1) is 3.57 Å². The van der Waals surface area contributed by atoms with Crippen molar-refractivity contribution in [2.75, 3.05) is 0 Å². The number of hydrogen-bond acceptors (Lipinski definition) is 4. The van der Waals surface area contributed by atoms with Crippen molar-refractivity contribution in [3.63, 3.8) is 0 Å². The van der Waals surface area contributed by atoms with Crippen molar-refractivity contribution < 1.29 is 65.9 Å². The van der Waals surface area contributed by atoms with Crippen LogP contribution in [-0.4, -0.2) is 56.7 Å². The van der Waals surface area contributed by atoms with Gasteiger partial charge in [-0.2, -0.15) is 26.3 Å². The van der Waals surface area contributed by atoms with Gasteiger partial charge in [0.05, 0.1) is 0 Å². The van der Waals surface area contributed by atoms with E-state index in [1.54, 1.807) is 0 Å². The fourth-order valence-corrected chi connectivity index (χ4v) is 0.830. The summed E-state index contributed by atoms with van der Waals surface area (Å²) in [5.41, 5.74) is 0. The summed E-state index contributed by atoms with van der Waals surface area (Å²) >= 11 is 2.28. The molecule has 168 valence electrons. The molecule has 0 unspecified atom stereocenters. The van der Waals surface area contributed by atoms with E-state index in [4.69, 9.17) is 39.6 Å². The Kier molecular flexibility index (Phi) is 20.5. The van der Waals surface area contributed by atoms with Gasteiger partial charge in [0.1, 0.15) is 0 Å². The van der Waals surface area contributed by atoms with Crippen molar-refractivity contribution in [3.05, 3.63) is 33.9 Å². The second-order valence-corrected chi connectivity index (χ2v) is 5.19. The lowest BCUT2D eigenvalue weighted by Gasteiger charge is -1.93. The van der Waals surface area contributed by atoms with Gasteiger partial charge in [0.2, 0.25) is 0 Å². The summed E-state index contributed by atoms with van der Waals surface area (Å²) in [6.07, 6.45) is -10.2. The van der Waals surface area contributed by atoms with Crippen LogP contribution < -0.4 is 0 Å². The molecule has 0 fully saturated rings. The SMILES string of the molecule is CC(=O)O.CC(=O)O.Ic1ccccc1.O=C(O)C(F)(F)F.O=C(O)C(F)(F)F. The van der Waals surface area contributed by atoms with Crippen LogP contribution in [0.25, 0.3) is 0 Å². The minimum absolute atomic E-state index is 0.833. The number of halogens is 7. The van der Waals surface area contributed by atoms with Crippen LogP contribution in [0.15, 0.2) is 30.3 Å². The molecule has 0 aliphatic rings. The Morgan fingerprint density at radius 2 is 0.862 bits per heavy atom. The molecule has 0 radical (unpaired) electrons. The summed E-state index contributed by atoms with van der Waals surface area (Å²) in [5, 5.41) is 29.1. The molecule has 0 heterocycles. The lowest BCUT2D eigenvalue weighted by molar-refractivity contribution is -0.193. The van der Waals surface area contributed by atoms with Crippen molar-refractivity contribution in [2.45, 2.75) is 26.2 Å². The Morgan fingerprint density at radius 1 is 0.690 bits per heavy atom. The Balaban J connectivity index is -0.000000138. The zero-order chi connectivity index (χ0) is 24.4. The van der Waals surface area contributed by atoms with Gasteiger partial charge in [-0.1, -0.05) is 18.2 Å². The van der Waals surface area contributed by atoms with Crippen molar-refractivity contribution in [1.29, 1.82) is 0 Å². The van der Waals surface area contributed by atoms with Gasteiger partial charge in [0.15, 0.2) is 0 Å². The highest BCUT2D eigenvalue weighted by atomic mass is 127. The second kappa shape index (κ2) is 17.5. The average molecular weight is 552 g/mol. The molecule has 15 heteroatoms. The zero-order valence-corrected chi connectivity index (χ0v) is 16.6. The minimum atomic E-state index is -5.08. The molecule has 0 saturated carbocycles. The van der Waals surface area contributed by atoms with Gasteiger partial charge in [-0.15, -0.1) is 0 Å². The molecule has 0 aliphatic carbocycles. The molecule has 1 rings (SSSR count). The van der Waals surface area contributed by atoms with E-state index in [9.17, 15) is 26.3 Å². The normalized spacial score (nSPS) is 9.28. The third kappa shape index (κ3) is 45.9. The first kappa shape index (κ1) is 34.0. The molecule has 8 nitrogen and oxygen atoms in total. The minimum Gasteiger partial charge on any atom is -0.481 e. The third-order valence-corrected chi connectivity index (χ3v) is 1.94. The standard InChI is InChI=1S/C6H5I.2C2HF3O2.2C2H4O2/c7-6-4-2-1-3-5-6;2*3-2(4,5)1(6)7;2*1-2(3)4/h1-5H;2*(H,6,7);2*1H3,(H,3,4). The fourth-order valence-electron chi connectivity index (χ4n) is 0.415. The van der Waals surface area contributed by atoms with Gasteiger partial charge in [0.25, 0.3) is 11.9 Å². The molecular formula is C14H15F6IO8. The highest BCUT2D eigenvalue weighted by Gasteiger charge is 2.38. The van der Waals surface area contributed by atoms with E-state index in [1.165, 1.54) is 3.57 Å². The summed E-state index contributed by atoms with van der Waals surface area (Å²) in [5.74, 6) is -7.18. The smallest absolute Gasteiger partial charge is 0.481 e. The first-order valence-corrected chi connectivity index (χ1v) is 7.52. The van der Waals surface area contributed by atoms with E-state index in [0.29, 0.717) is 0 Å². The van der Waals surface area contributed by atoms with Crippen LogP contribution in [-0.2, 0) is 19.2 Å². The average Bonchev–Trinajstić information content (AvgIpc) is 2.46. The number of aliphatic carboxylic acids is 4. The van der Waals surface area contributed by atoms with E-state index < -0.39 is 36.2 Å². The van der Waals surface area contributed by atoms with Crippen molar-refractivity contribution >= 4 is 46.5 Å². The number of hydrogen-bond donors (Lipinski definition) is 4. The Morgan fingerprint density at radius 3 is 0.931 bits per heavy atom. The second-order valence-electron chi connectivity index (χ2n) is 3.94. The molecule has 1 aromatic carbocycles. The number of carboxylic acid groups (broad SMARTS) is 4. The van der Waals surface area contributed by atoms with E-state index in [0.717, 1.165) is 13.8 Å². The van der Waals surface area contributed by atoms with Crippen LogP contribution in [0.4, 0.5) is 26.3 Å². The molecule has 0 aliphatic heterocycles. The predicted molar refractivity (Wildman–Crippen MR) is 93.2 cm³/mol. The first-order chi connectivity index (χ1) is 12.7. The van der Waals surface area contributed by atoms with Crippen LogP contribution in [0.3, 0.4) is 0 Å². The Hall–Kier alpha value is -2.59. The number of alkyl halides is 6. The van der Waals surface area contributed by atoms with Crippen molar-refractivity contribution in [2.24, 2.45) is 0 Å². The van der Waals surface area contributed by atoms with Crippen molar-refractivity contribution in [1.82, 2.24) is 0 Å². The largest absolute Gasteiger partial charge is 0.490 e. The molecule has 0 saturated heterocycles. The van der Waals surface area contributed by atoms with Crippen LogP contribution in [0.2, 0.25) is 0 Å². The molecule has 29 heavy (non-hydrogen) atoms. The van der Waals surface area contributed by atoms with Crippen LogP contribution in [0.1, 0.15) is 13.8 Å². The molecule has 1 aromatic rings. The molecule has 0 spiro atoms. The van der Waals surface area contributed by atoms with Crippen LogP contribution >= 0.6 is 22.6 Å². The summed E-state index contributed by atoms with van der Waals surface area (Å²) in [7, 11) is 0. The van der Waals surface area contributed by atoms with E-state index >= 15 is 0 Å². The molecular weight excluding hydrogens is 537 g/mol. The Bertz CT molecular complexity index is 573. The fraction of sp³-hybridized carbons (Fsp3) is 0.286. The van der Waals surface area contributed by atoms with Gasteiger partial charge in [-0.05, 0) is 34.7 Å². The summed E-state index contributed by atoms with van der Waals surface area (Å²) in [4.78, 5) is 35.8. The van der Waals surface area contributed by atoms with E-state index in [2.05, 4.69) is 34.7 Å². The zero-order valence-electron chi connectivity index (χ0n) is 14.5. The highest BCUT2D eigenvalue weighted by molar-refractivity contribution is 14.1. The molecule has 0 amide bonds. The number of benzene rings is 1.